The van der Waals surface area contributed by atoms with Crippen LogP contribution in [0.3, 0.4) is 0 Å². The number of carbonyl (C=O) groups is 2. The summed E-state index contributed by atoms with van der Waals surface area (Å²) in [4.78, 5) is 32.6. The standard InChI is InChI=1S/C29H32N4O4/c1-32(2)29(36)25(16-19-8-11-23(34)12-9-19)31-28(35)20-10-13-26-24(17-20)30-27(21-14-15-37-18-21)33(26)22-6-4-3-5-7-22/h8-15,17-18,22,25,34H,3-7,16H2,1-2H3,(H,31,35)/t25-/m0/s1. The maximum absolute atomic E-state index is 13.3. The molecule has 0 bridgehead atoms. The molecule has 37 heavy (non-hydrogen) atoms. The molecule has 2 heterocycles. The summed E-state index contributed by atoms with van der Waals surface area (Å²) in [5, 5.41) is 12.5. The molecule has 2 amide bonds. The van der Waals surface area contributed by atoms with Gasteiger partial charge in [0, 0.05) is 32.1 Å². The second-order valence-electron chi connectivity index (χ2n) is 9.94. The van der Waals surface area contributed by atoms with Gasteiger partial charge in [-0.2, -0.15) is 0 Å². The predicted molar refractivity (Wildman–Crippen MR) is 141 cm³/mol. The fraction of sp³-hybridized carbons (Fsp3) is 0.345. The molecule has 1 fully saturated rings. The summed E-state index contributed by atoms with van der Waals surface area (Å²) in [6, 6.07) is 13.7. The lowest BCUT2D eigenvalue weighted by Gasteiger charge is -2.25. The lowest BCUT2D eigenvalue weighted by Crippen LogP contribution is -2.47. The number of furan rings is 1. The summed E-state index contributed by atoms with van der Waals surface area (Å²) in [6.07, 6.45) is 9.51. The number of nitrogens with zero attached hydrogens (tertiary/aromatic N) is 3. The summed E-state index contributed by atoms with van der Waals surface area (Å²) in [5.41, 5.74) is 3.93. The SMILES string of the molecule is CN(C)C(=O)[C@H](Cc1ccc(O)cc1)NC(=O)c1ccc2c(c1)nc(-c1ccoc1)n2C1CCCCC1. The molecule has 8 nitrogen and oxygen atoms in total. The van der Waals surface area contributed by atoms with Crippen LogP contribution < -0.4 is 5.32 Å². The zero-order chi connectivity index (χ0) is 25.9. The van der Waals surface area contributed by atoms with Gasteiger partial charge in [0.2, 0.25) is 5.91 Å². The maximum Gasteiger partial charge on any atom is 0.252 e. The first-order valence-corrected chi connectivity index (χ1v) is 12.7. The molecule has 1 saturated carbocycles. The van der Waals surface area contributed by atoms with E-state index in [2.05, 4.69) is 9.88 Å². The number of amides is 2. The summed E-state index contributed by atoms with van der Waals surface area (Å²) in [5.74, 6) is 0.463. The van der Waals surface area contributed by atoms with E-state index in [4.69, 9.17) is 9.40 Å². The number of phenols is 1. The van der Waals surface area contributed by atoms with Crippen molar-refractivity contribution in [3.05, 3.63) is 72.2 Å². The molecular formula is C29H32N4O4. The Morgan fingerprint density at radius 3 is 2.54 bits per heavy atom. The Balaban J connectivity index is 1.45. The molecule has 2 N–H and O–H groups in total. The van der Waals surface area contributed by atoms with E-state index in [1.807, 2.05) is 12.1 Å². The van der Waals surface area contributed by atoms with Crippen LogP contribution in [0.1, 0.15) is 54.1 Å². The van der Waals surface area contributed by atoms with Crippen molar-refractivity contribution in [3.8, 4) is 17.1 Å². The quantitative estimate of drug-likeness (QED) is 0.375. The zero-order valence-corrected chi connectivity index (χ0v) is 21.2. The van der Waals surface area contributed by atoms with Crippen molar-refractivity contribution in [3.63, 3.8) is 0 Å². The molecule has 0 spiro atoms. The number of nitrogens with one attached hydrogen (secondary N) is 1. The molecule has 1 atom stereocenters. The van der Waals surface area contributed by atoms with Crippen LogP contribution in [0.15, 0.2) is 65.5 Å². The molecule has 0 unspecified atom stereocenters. The third-order valence-electron chi connectivity index (χ3n) is 7.09. The van der Waals surface area contributed by atoms with Gasteiger partial charge in [-0.15, -0.1) is 0 Å². The molecule has 192 valence electrons. The second kappa shape index (κ2) is 10.5. The van der Waals surface area contributed by atoms with E-state index in [-0.39, 0.29) is 17.6 Å². The fourth-order valence-corrected chi connectivity index (χ4v) is 5.17. The molecule has 1 aliphatic rings. The first-order valence-electron chi connectivity index (χ1n) is 12.7. The van der Waals surface area contributed by atoms with Gasteiger partial charge in [-0.1, -0.05) is 31.4 Å². The highest BCUT2D eigenvalue weighted by Gasteiger charge is 2.26. The van der Waals surface area contributed by atoms with Gasteiger partial charge in [0.15, 0.2) is 0 Å². The molecule has 0 aliphatic heterocycles. The number of rotatable bonds is 7. The minimum Gasteiger partial charge on any atom is -0.508 e. The summed E-state index contributed by atoms with van der Waals surface area (Å²) >= 11 is 0. The van der Waals surface area contributed by atoms with Crippen LogP contribution in [0.5, 0.6) is 5.75 Å². The lowest BCUT2D eigenvalue weighted by molar-refractivity contribution is -0.130. The Kier molecular flexibility index (Phi) is 6.99. The average molecular weight is 501 g/mol. The van der Waals surface area contributed by atoms with Gasteiger partial charge in [0.25, 0.3) is 5.91 Å². The van der Waals surface area contributed by atoms with E-state index in [0.29, 0.717) is 18.0 Å². The van der Waals surface area contributed by atoms with Crippen LogP contribution in [-0.4, -0.2) is 51.5 Å². The Morgan fingerprint density at radius 2 is 1.86 bits per heavy atom. The van der Waals surface area contributed by atoms with E-state index in [1.54, 1.807) is 63.0 Å². The zero-order valence-electron chi connectivity index (χ0n) is 21.2. The first-order chi connectivity index (χ1) is 17.9. The van der Waals surface area contributed by atoms with Gasteiger partial charge in [0.1, 0.15) is 23.9 Å². The molecule has 5 rings (SSSR count). The minimum atomic E-state index is -0.746. The second-order valence-corrected chi connectivity index (χ2v) is 9.94. The number of hydrogen-bond donors (Lipinski definition) is 2. The molecule has 0 radical (unpaired) electrons. The van der Waals surface area contributed by atoms with Gasteiger partial charge >= 0.3 is 0 Å². The Morgan fingerprint density at radius 1 is 1.11 bits per heavy atom. The highest BCUT2D eigenvalue weighted by atomic mass is 16.3. The molecule has 2 aromatic carbocycles. The monoisotopic (exact) mass is 500 g/mol. The number of imidazole rings is 1. The number of carbonyl (C=O) groups excluding carboxylic acids is 2. The predicted octanol–water partition coefficient (Wildman–Crippen LogP) is 4.94. The van der Waals surface area contributed by atoms with Crippen molar-refractivity contribution in [2.75, 3.05) is 14.1 Å². The molecule has 4 aromatic rings. The van der Waals surface area contributed by atoms with Gasteiger partial charge in [0.05, 0.1) is 22.9 Å². The summed E-state index contributed by atoms with van der Waals surface area (Å²) < 4.78 is 7.64. The highest BCUT2D eigenvalue weighted by molar-refractivity contribution is 6.00. The van der Waals surface area contributed by atoms with Crippen molar-refractivity contribution < 1.29 is 19.1 Å². The largest absolute Gasteiger partial charge is 0.508 e. The van der Waals surface area contributed by atoms with Crippen LogP contribution in [0, 0.1) is 0 Å². The van der Waals surface area contributed by atoms with E-state index in [9.17, 15) is 14.7 Å². The third-order valence-corrected chi connectivity index (χ3v) is 7.09. The first kappa shape index (κ1) is 24.6. The van der Waals surface area contributed by atoms with E-state index >= 15 is 0 Å². The van der Waals surface area contributed by atoms with Crippen molar-refractivity contribution in [1.29, 1.82) is 0 Å². The number of aromatic nitrogens is 2. The molecular weight excluding hydrogens is 468 g/mol. The number of likely N-dealkylation sites (N-methyl/N-ethyl adjacent to an activating group) is 1. The Labute approximate surface area is 215 Å². The normalized spacial score (nSPS) is 15.0. The highest BCUT2D eigenvalue weighted by Crippen LogP contribution is 2.36. The van der Waals surface area contributed by atoms with Crippen molar-refractivity contribution >= 4 is 22.8 Å². The van der Waals surface area contributed by atoms with Crippen LogP contribution in [0.25, 0.3) is 22.4 Å². The van der Waals surface area contributed by atoms with Crippen LogP contribution >= 0.6 is 0 Å². The molecule has 0 saturated heterocycles. The number of benzene rings is 2. The molecule has 8 heteroatoms. The Bertz CT molecular complexity index is 1380. The topological polar surface area (TPSA) is 101 Å². The number of fused-ring (bicyclic) bond motifs is 1. The number of phenolic OH excluding ortho intramolecular Hbond substituents is 1. The van der Waals surface area contributed by atoms with E-state index < -0.39 is 6.04 Å². The van der Waals surface area contributed by atoms with E-state index in [0.717, 1.165) is 40.8 Å². The lowest BCUT2D eigenvalue weighted by atomic mass is 9.95. The van der Waals surface area contributed by atoms with Gasteiger partial charge in [-0.25, -0.2) is 4.98 Å². The third kappa shape index (κ3) is 5.23. The van der Waals surface area contributed by atoms with Crippen molar-refractivity contribution in [1.82, 2.24) is 19.8 Å². The van der Waals surface area contributed by atoms with Crippen molar-refractivity contribution in [2.45, 2.75) is 50.6 Å². The summed E-state index contributed by atoms with van der Waals surface area (Å²) in [6.45, 7) is 0. The van der Waals surface area contributed by atoms with Gasteiger partial charge < -0.3 is 24.3 Å². The van der Waals surface area contributed by atoms with Crippen LogP contribution in [-0.2, 0) is 11.2 Å². The van der Waals surface area contributed by atoms with E-state index in [1.165, 1.54) is 24.2 Å². The Hall–Kier alpha value is -4.07. The summed E-state index contributed by atoms with van der Waals surface area (Å²) in [7, 11) is 3.33. The molecule has 1 aliphatic carbocycles. The molecule has 2 aromatic heterocycles. The van der Waals surface area contributed by atoms with Gasteiger partial charge in [-0.05, 0) is 54.8 Å². The van der Waals surface area contributed by atoms with Gasteiger partial charge in [-0.3, -0.25) is 9.59 Å². The van der Waals surface area contributed by atoms with Crippen LogP contribution in [0.4, 0.5) is 0 Å². The number of aromatic hydroxyl groups is 1. The average Bonchev–Trinajstić information content (AvgIpc) is 3.57. The smallest absolute Gasteiger partial charge is 0.252 e. The van der Waals surface area contributed by atoms with Crippen molar-refractivity contribution in [2.24, 2.45) is 0 Å². The van der Waals surface area contributed by atoms with Crippen LogP contribution in [0.2, 0.25) is 0 Å². The maximum atomic E-state index is 13.3. The number of hydrogen-bond acceptors (Lipinski definition) is 5. The minimum absolute atomic E-state index is 0.152. The fourth-order valence-electron chi connectivity index (χ4n) is 5.17.